The lowest BCUT2D eigenvalue weighted by atomic mass is 10.2. The second-order valence-corrected chi connectivity index (χ2v) is 4.50. The van der Waals surface area contributed by atoms with Crippen LogP contribution in [0.1, 0.15) is 22.8 Å². The number of aryl methyl sites for hydroxylation is 1. The molecule has 0 bridgehead atoms. The zero-order valence-electron chi connectivity index (χ0n) is 11.4. The van der Waals surface area contributed by atoms with E-state index in [2.05, 4.69) is 5.10 Å². The molecule has 0 fully saturated rings. The molecule has 0 radical (unpaired) electrons. The van der Waals surface area contributed by atoms with E-state index in [9.17, 15) is 9.90 Å². The Morgan fingerprint density at radius 1 is 1.43 bits per heavy atom. The Bertz CT molecular complexity index is 680. The predicted molar refractivity (Wildman–Crippen MR) is 71.8 cm³/mol. The monoisotopic (exact) mass is 290 g/mol. The maximum absolute atomic E-state index is 11.3. The zero-order valence-corrected chi connectivity index (χ0v) is 11.4. The maximum atomic E-state index is 11.3. The van der Waals surface area contributed by atoms with Crippen LogP contribution in [-0.4, -0.2) is 27.6 Å². The fraction of sp³-hybridized carbons (Fsp3) is 0.286. The molecule has 0 aliphatic carbocycles. The van der Waals surface area contributed by atoms with Crippen LogP contribution in [0.2, 0.25) is 0 Å². The molecule has 0 unspecified atom stereocenters. The second-order valence-electron chi connectivity index (χ2n) is 4.50. The zero-order chi connectivity index (χ0) is 14.8. The minimum atomic E-state index is -1.08. The average Bonchev–Trinajstić information content (AvgIpc) is 3.12. The lowest BCUT2D eigenvalue weighted by Gasteiger charge is -2.09. The highest BCUT2D eigenvalue weighted by Crippen LogP contribution is 2.38. The van der Waals surface area contributed by atoms with Crippen molar-refractivity contribution in [3.8, 4) is 17.2 Å². The largest absolute Gasteiger partial charge is 0.488 e. The van der Waals surface area contributed by atoms with Crippen molar-refractivity contribution in [3.63, 3.8) is 0 Å². The molecule has 3 rings (SSSR count). The van der Waals surface area contributed by atoms with Gasteiger partial charge in [-0.2, -0.15) is 5.10 Å². The molecule has 0 saturated carbocycles. The average molecular weight is 290 g/mol. The van der Waals surface area contributed by atoms with Gasteiger partial charge >= 0.3 is 5.97 Å². The first kappa shape index (κ1) is 13.3. The number of ether oxygens (including phenoxy) is 3. The normalized spacial score (nSPS) is 12.4. The van der Waals surface area contributed by atoms with Crippen LogP contribution in [0.3, 0.4) is 0 Å². The Hall–Kier alpha value is -2.70. The number of aromatic nitrogens is 2. The second kappa shape index (κ2) is 5.35. The van der Waals surface area contributed by atoms with Gasteiger partial charge in [0.25, 0.3) is 0 Å². The molecule has 7 heteroatoms. The molecule has 2 heterocycles. The Morgan fingerprint density at radius 3 is 2.86 bits per heavy atom. The van der Waals surface area contributed by atoms with E-state index in [4.69, 9.17) is 14.2 Å². The Labute approximate surface area is 120 Å². The van der Waals surface area contributed by atoms with Crippen molar-refractivity contribution in [2.45, 2.75) is 20.1 Å². The van der Waals surface area contributed by atoms with Crippen molar-refractivity contribution >= 4 is 5.97 Å². The Morgan fingerprint density at radius 2 is 2.19 bits per heavy atom. The van der Waals surface area contributed by atoms with Crippen LogP contribution < -0.4 is 14.2 Å². The van der Waals surface area contributed by atoms with Gasteiger partial charge in [-0.25, -0.2) is 4.79 Å². The van der Waals surface area contributed by atoms with Gasteiger partial charge in [0.1, 0.15) is 17.9 Å². The van der Waals surface area contributed by atoms with Crippen molar-refractivity contribution in [1.29, 1.82) is 0 Å². The highest BCUT2D eigenvalue weighted by Gasteiger charge is 2.21. The minimum absolute atomic E-state index is 0.0436. The van der Waals surface area contributed by atoms with Gasteiger partial charge in [0.15, 0.2) is 11.5 Å². The summed E-state index contributed by atoms with van der Waals surface area (Å²) in [4.78, 5) is 11.3. The van der Waals surface area contributed by atoms with Gasteiger partial charge in [-0.05, 0) is 6.92 Å². The van der Waals surface area contributed by atoms with E-state index in [-0.39, 0.29) is 24.7 Å². The number of benzene rings is 1. The summed E-state index contributed by atoms with van der Waals surface area (Å²) in [5.74, 6) is 0.0707. The number of carboxylic acid groups (broad SMARTS) is 1. The molecule has 21 heavy (non-hydrogen) atoms. The molecule has 1 aromatic carbocycles. The van der Waals surface area contributed by atoms with Gasteiger partial charge in [0, 0.05) is 30.4 Å². The summed E-state index contributed by atoms with van der Waals surface area (Å²) in [6.45, 7) is 3.07. The first-order chi connectivity index (χ1) is 10.2. The van der Waals surface area contributed by atoms with E-state index in [1.807, 2.05) is 13.1 Å². The van der Waals surface area contributed by atoms with Gasteiger partial charge in [-0.3, -0.25) is 4.68 Å². The van der Waals surface area contributed by atoms with Crippen LogP contribution >= 0.6 is 0 Å². The van der Waals surface area contributed by atoms with E-state index in [1.165, 1.54) is 12.1 Å². The fourth-order valence-corrected chi connectivity index (χ4v) is 2.02. The Kier molecular flexibility index (Phi) is 3.39. The molecular weight excluding hydrogens is 276 g/mol. The third-order valence-corrected chi connectivity index (χ3v) is 3.11. The summed E-state index contributed by atoms with van der Waals surface area (Å²) >= 11 is 0. The number of nitrogens with zero attached hydrogens (tertiary/aromatic N) is 2. The van der Waals surface area contributed by atoms with E-state index < -0.39 is 5.97 Å². The topological polar surface area (TPSA) is 82.8 Å². The minimum Gasteiger partial charge on any atom is -0.488 e. The van der Waals surface area contributed by atoms with E-state index in [0.29, 0.717) is 11.5 Å². The van der Waals surface area contributed by atoms with E-state index in [1.54, 1.807) is 10.9 Å². The van der Waals surface area contributed by atoms with Crippen LogP contribution in [0.15, 0.2) is 24.5 Å². The van der Waals surface area contributed by atoms with Crippen molar-refractivity contribution in [1.82, 2.24) is 9.78 Å². The predicted octanol–water partition coefficient (Wildman–Crippen LogP) is 1.91. The van der Waals surface area contributed by atoms with E-state index in [0.717, 1.165) is 12.1 Å². The molecule has 2 aromatic rings. The Balaban J connectivity index is 1.82. The maximum Gasteiger partial charge on any atom is 0.339 e. The van der Waals surface area contributed by atoms with Gasteiger partial charge in [-0.1, -0.05) is 0 Å². The summed E-state index contributed by atoms with van der Waals surface area (Å²) in [7, 11) is 0. The number of fused-ring (bicyclic) bond motifs is 1. The summed E-state index contributed by atoms with van der Waals surface area (Å²) in [5.41, 5.74) is 0.910. The first-order valence-corrected chi connectivity index (χ1v) is 6.48. The highest BCUT2D eigenvalue weighted by atomic mass is 16.7. The summed E-state index contributed by atoms with van der Waals surface area (Å²) in [6, 6.07) is 2.95. The molecule has 1 aliphatic heterocycles. The third kappa shape index (κ3) is 2.62. The summed E-state index contributed by atoms with van der Waals surface area (Å²) in [5, 5.41) is 13.4. The number of aromatic carboxylic acids is 1. The van der Waals surface area contributed by atoms with Crippen molar-refractivity contribution in [2.24, 2.45) is 0 Å². The fourth-order valence-electron chi connectivity index (χ4n) is 2.02. The van der Waals surface area contributed by atoms with Gasteiger partial charge in [-0.15, -0.1) is 0 Å². The van der Waals surface area contributed by atoms with Gasteiger partial charge in [0.2, 0.25) is 6.79 Å². The standard InChI is InChI=1S/C14H14N2O5/c1-2-16-6-9(5-15-16)7-19-11-4-13-12(20-8-21-13)3-10(11)14(17)18/h3-6H,2,7-8H2,1H3,(H,17,18). The quantitative estimate of drug-likeness (QED) is 0.905. The third-order valence-electron chi connectivity index (χ3n) is 3.11. The molecule has 1 N–H and O–H groups in total. The summed E-state index contributed by atoms with van der Waals surface area (Å²) < 4.78 is 17.8. The van der Waals surface area contributed by atoms with Crippen LogP contribution in [0, 0.1) is 0 Å². The molecule has 110 valence electrons. The van der Waals surface area contributed by atoms with Gasteiger partial charge < -0.3 is 19.3 Å². The van der Waals surface area contributed by atoms with Crippen molar-refractivity contribution in [3.05, 3.63) is 35.7 Å². The van der Waals surface area contributed by atoms with Crippen molar-refractivity contribution < 1.29 is 24.1 Å². The smallest absolute Gasteiger partial charge is 0.339 e. The lowest BCUT2D eigenvalue weighted by Crippen LogP contribution is -2.03. The molecule has 0 amide bonds. The molecule has 0 atom stereocenters. The van der Waals surface area contributed by atoms with Crippen LogP contribution in [0.4, 0.5) is 0 Å². The number of rotatable bonds is 5. The van der Waals surface area contributed by atoms with Crippen LogP contribution in [-0.2, 0) is 13.2 Å². The molecule has 0 saturated heterocycles. The first-order valence-electron chi connectivity index (χ1n) is 6.48. The number of carbonyl (C=O) groups is 1. The number of carboxylic acids is 1. The summed E-state index contributed by atoms with van der Waals surface area (Å²) in [6.07, 6.45) is 3.55. The molecular formula is C14H14N2O5. The SMILES string of the molecule is CCn1cc(COc2cc3c(cc2C(=O)O)OCO3)cn1. The molecule has 1 aromatic heterocycles. The molecule has 7 nitrogen and oxygen atoms in total. The lowest BCUT2D eigenvalue weighted by molar-refractivity contribution is 0.0691. The van der Waals surface area contributed by atoms with Crippen molar-refractivity contribution in [2.75, 3.05) is 6.79 Å². The number of hydrogen-bond donors (Lipinski definition) is 1. The van der Waals surface area contributed by atoms with E-state index >= 15 is 0 Å². The van der Waals surface area contributed by atoms with Crippen LogP contribution in [0.25, 0.3) is 0 Å². The number of hydrogen-bond acceptors (Lipinski definition) is 5. The highest BCUT2D eigenvalue weighted by molar-refractivity contribution is 5.92. The van der Waals surface area contributed by atoms with Crippen LogP contribution in [0.5, 0.6) is 17.2 Å². The molecule has 1 aliphatic rings. The van der Waals surface area contributed by atoms with Gasteiger partial charge in [0.05, 0.1) is 6.20 Å². The molecule has 0 spiro atoms.